The van der Waals surface area contributed by atoms with Gasteiger partial charge >= 0.3 is 0 Å². The zero-order valence-corrected chi connectivity index (χ0v) is 10.2. The lowest BCUT2D eigenvalue weighted by Gasteiger charge is -2.22. The van der Waals surface area contributed by atoms with E-state index in [1.807, 2.05) is 0 Å². The molecule has 0 saturated heterocycles. The Morgan fingerprint density at radius 2 is 1.88 bits per heavy atom. The molecule has 1 aliphatic heterocycles. The number of ether oxygens (including phenoxy) is 2. The van der Waals surface area contributed by atoms with Crippen molar-refractivity contribution in [1.82, 2.24) is 0 Å². The maximum absolute atomic E-state index is 6.27. The van der Waals surface area contributed by atoms with Crippen molar-refractivity contribution in [2.75, 3.05) is 13.2 Å². The molecule has 0 bridgehead atoms. The van der Waals surface area contributed by atoms with Gasteiger partial charge in [0, 0.05) is 6.04 Å². The number of hydrogen-bond acceptors (Lipinski definition) is 3. The Kier molecular flexibility index (Phi) is 2.71. The fourth-order valence-electron chi connectivity index (χ4n) is 2.79. The number of aryl methyl sites for hydroxylation is 1. The molecular formula is C14H19NO2. The Morgan fingerprint density at radius 1 is 1.18 bits per heavy atom. The van der Waals surface area contributed by atoms with Crippen molar-refractivity contribution < 1.29 is 9.47 Å². The Labute approximate surface area is 102 Å². The summed E-state index contributed by atoms with van der Waals surface area (Å²) in [6, 6.07) is 4.35. The second kappa shape index (κ2) is 4.22. The SMILES string of the molecule is CC1CCc2cc3c(cc2C(N)C1)OCCO3. The minimum atomic E-state index is 0.137. The van der Waals surface area contributed by atoms with Gasteiger partial charge in [-0.05, 0) is 48.4 Å². The van der Waals surface area contributed by atoms with Crippen LogP contribution in [0.2, 0.25) is 0 Å². The van der Waals surface area contributed by atoms with Crippen LogP contribution in [-0.4, -0.2) is 13.2 Å². The lowest BCUT2D eigenvalue weighted by Crippen LogP contribution is -2.18. The first kappa shape index (κ1) is 10.9. The summed E-state index contributed by atoms with van der Waals surface area (Å²) in [5.41, 5.74) is 8.86. The molecule has 3 heteroatoms. The maximum atomic E-state index is 6.27. The molecule has 0 fully saturated rings. The van der Waals surface area contributed by atoms with E-state index >= 15 is 0 Å². The van der Waals surface area contributed by atoms with Crippen LogP contribution in [0, 0.1) is 5.92 Å². The molecule has 3 nitrogen and oxygen atoms in total. The zero-order valence-electron chi connectivity index (χ0n) is 10.2. The Hall–Kier alpha value is -1.22. The van der Waals surface area contributed by atoms with Gasteiger partial charge in [0.15, 0.2) is 11.5 Å². The van der Waals surface area contributed by atoms with E-state index in [-0.39, 0.29) is 6.04 Å². The van der Waals surface area contributed by atoms with Crippen molar-refractivity contribution in [1.29, 1.82) is 0 Å². The number of rotatable bonds is 0. The molecule has 2 N–H and O–H groups in total. The van der Waals surface area contributed by atoms with Crippen molar-refractivity contribution in [2.24, 2.45) is 11.7 Å². The van der Waals surface area contributed by atoms with Crippen LogP contribution in [0.1, 0.15) is 36.9 Å². The van der Waals surface area contributed by atoms with Crippen molar-refractivity contribution in [3.63, 3.8) is 0 Å². The highest BCUT2D eigenvalue weighted by Gasteiger charge is 2.23. The third kappa shape index (κ3) is 2.00. The standard InChI is InChI=1S/C14H19NO2/c1-9-2-3-10-7-13-14(17-5-4-16-13)8-11(10)12(15)6-9/h7-9,12H,2-6,15H2,1H3. The largest absolute Gasteiger partial charge is 0.486 e. The minimum Gasteiger partial charge on any atom is -0.486 e. The van der Waals surface area contributed by atoms with E-state index in [0.717, 1.165) is 24.3 Å². The van der Waals surface area contributed by atoms with Crippen molar-refractivity contribution in [3.8, 4) is 11.5 Å². The van der Waals surface area contributed by atoms with E-state index in [1.54, 1.807) is 0 Å². The second-order valence-corrected chi connectivity index (χ2v) is 5.18. The highest BCUT2D eigenvalue weighted by molar-refractivity contribution is 5.49. The van der Waals surface area contributed by atoms with E-state index < -0.39 is 0 Å². The van der Waals surface area contributed by atoms with Gasteiger partial charge in [0.2, 0.25) is 0 Å². The van der Waals surface area contributed by atoms with E-state index in [1.165, 1.54) is 17.5 Å². The molecular weight excluding hydrogens is 214 g/mol. The minimum absolute atomic E-state index is 0.137. The van der Waals surface area contributed by atoms with Gasteiger partial charge in [-0.3, -0.25) is 0 Å². The van der Waals surface area contributed by atoms with Gasteiger partial charge in [-0.1, -0.05) is 6.92 Å². The van der Waals surface area contributed by atoms with Gasteiger partial charge in [-0.2, -0.15) is 0 Å². The Morgan fingerprint density at radius 3 is 2.65 bits per heavy atom. The molecule has 0 amide bonds. The molecule has 1 aliphatic carbocycles. The lowest BCUT2D eigenvalue weighted by molar-refractivity contribution is 0.171. The summed E-state index contributed by atoms with van der Waals surface area (Å²) >= 11 is 0. The summed E-state index contributed by atoms with van der Waals surface area (Å²) in [5, 5.41) is 0. The fourth-order valence-corrected chi connectivity index (χ4v) is 2.79. The van der Waals surface area contributed by atoms with Gasteiger partial charge in [0.05, 0.1) is 0 Å². The zero-order chi connectivity index (χ0) is 11.8. The summed E-state index contributed by atoms with van der Waals surface area (Å²) in [6.45, 7) is 3.56. The van der Waals surface area contributed by atoms with Crippen molar-refractivity contribution in [2.45, 2.75) is 32.2 Å². The van der Waals surface area contributed by atoms with Crippen molar-refractivity contribution >= 4 is 0 Å². The summed E-state index contributed by atoms with van der Waals surface area (Å²) in [6.07, 6.45) is 3.37. The highest BCUT2D eigenvalue weighted by Crippen LogP contribution is 2.39. The summed E-state index contributed by atoms with van der Waals surface area (Å²) in [7, 11) is 0. The summed E-state index contributed by atoms with van der Waals surface area (Å²) in [5.74, 6) is 2.44. The third-order valence-electron chi connectivity index (χ3n) is 3.77. The van der Waals surface area contributed by atoms with Gasteiger partial charge < -0.3 is 15.2 Å². The van der Waals surface area contributed by atoms with Gasteiger partial charge in [-0.15, -0.1) is 0 Å². The van der Waals surface area contributed by atoms with E-state index in [2.05, 4.69) is 19.1 Å². The molecule has 2 atom stereocenters. The predicted molar refractivity (Wildman–Crippen MR) is 66.5 cm³/mol. The predicted octanol–water partition coefficient (Wildman–Crippen LogP) is 2.43. The lowest BCUT2D eigenvalue weighted by atomic mass is 9.97. The van der Waals surface area contributed by atoms with Gasteiger partial charge in [0.1, 0.15) is 13.2 Å². The summed E-state index contributed by atoms with van der Waals surface area (Å²) in [4.78, 5) is 0. The molecule has 0 radical (unpaired) electrons. The van der Waals surface area contributed by atoms with Crippen LogP contribution in [0.25, 0.3) is 0 Å². The van der Waals surface area contributed by atoms with Crippen LogP contribution in [0.3, 0.4) is 0 Å². The Bertz CT molecular complexity index is 430. The van der Waals surface area contributed by atoms with Crippen LogP contribution in [-0.2, 0) is 6.42 Å². The number of fused-ring (bicyclic) bond motifs is 2. The normalized spacial score (nSPS) is 27.2. The first-order chi connectivity index (χ1) is 8.24. The number of hydrogen-bond donors (Lipinski definition) is 1. The quantitative estimate of drug-likeness (QED) is 0.700. The van der Waals surface area contributed by atoms with Crippen LogP contribution < -0.4 is 15.2 Å². The summed E-state index contributed by atoms with van der Waals surface area (Å²) < 4.78 is 11.3. The molecule has 92 valence electrons. The van der Waals surface area contributed by atoms with Crippen LogP contribution in [0.15, 0.2) is 12.1 Å². The molecule has 2 unspecified atom stereocenters. The first-order valence-corrected chi connectivity index (χ1v) is 6.42. The monoisotopic (exact) mass is 233 g/mol. The molecule has 2 aliphatic rings. The average Bonchev–Trinajstić information content (AvgIpc) is 2.47. The van der Waals surface area contributed by atoms with E-state index in [0.29, 0.717) is 19.1 Å². The fraction of sp³-hybridized carbons (Fsp3) is 0.571. The van der Waals surface area contributed by atoms with Crippen molar-refractivity contribution in [3.05, 3.63) is 23.3 Å². The van der Waals surface area contributed by atoms with Gasteiger partial charge in [-0.25, -0.2) is 0 Å². The number of nitrogens with two attached hydrogens (primary N) is 1. The van der Waals surface area contributed by atoms with Crippen LogP contribution in [0.4, 0.5) is 0 Å². The molecule has 17 heavy (non-hydrogen) atoms. The smallest absolute Gasteiger partial charge is 0.161 e. The second-order valence-electron chi connectivity index (χ2n) is 5.18. The molecule has 0 spiro atoms. The van der Waals surface area contributed by atoms with E-state index in [9.17, 15) is 0 Å². The van der Waals surface area contributed by atoms with Gasteiger partial charge in [0.25, 0.3) is 0 Å². The van der Waals surface area contributed by atoms with Crippen LogP contribution >= 0.6 is 0 Å². The maximum Gasteiger partial charge on any atom is 0.161 e. The topological polar surface area (TPSA) is 44.5 Å². The molecule has 1 heterocycles. The van der Waals surface area contributed by atoms with E-state index in [4.69, 9.17) is 15.2 Å². The third-order valence-corrected chi connectivity index (χ3v) is 3.77. The number of benzene rings is 1. The molecule has 0 aromatic heterocycles. The highest BCUT2D eigenvalue weighted by atomic mass is 16.6. The molecule has 0 saturated carbocycles. The molecule has 1 aromatic carbocycles. The Balaban J connectivity index is 2.03. The average molecular weight is 233 g/mol. The van der Waals surface area contributed by atoms with Crippen LogP contribution in [0.5, 0.6) is 11.5 Å². The first-order valence-electron chi connectivity index (χ1n) is 6.42. The molecule has 1 aromatic rings. The molecule has 3 rings (SSSR count).